The van der Waals surface area contributed by atoms with Crippen LogP contribution in [0.15, 0.2) is 54.6 Å². The standard InChI is InChI=1S/C26H36N2O2/c1-21(2)20-27-25(29)17-11-9-7-5-4-6-8-10-14-18-30-26-19-22(3)23-15-12-13-16-24(23)28-26/h7,9,11-13,15-17,19,21H,4-6,8,10,14,18,20H2,1-3H3,(H,27,29). The average Bonchev–Trinajstić information content (AvgIpc) is 2.73. The van der Waals surface area contributed by atoms with Crippen LogP contribution in [0.1, 0.15) is 57.9 Å². The smallest absolute Gasteiger partial charge is 0.243 e. The Balaban J connectivity index is 1.50. The Morgan fingerprint density at radius 2 is 1.87 bits per heavy atom. The molecule has 0 saturated carbocycles. The van der Waals surface area contributed by atoms with E-state index in [4.69, 9.17) is 4.74 Å². The summed E-state index contributed by atoms with van der Waals surface area (Å²) in [5, 5.41) is 4.05. The molecule has 1 amide bonds. The number of hydrogen-bond acceptors (Lipinski definition) is 3. The minimum Gasteiger partial charge on any atom is -0.478 e. The average molecular weight is 409 g/mol. The molecule has 0 saturated heterocycles. The molecular weight excluding hydrogens is 372 g/mol. The molecule has 0 unspecified atom stereocenters. The molecule has 0 aliphatic rings. The van der Waals surface area contributed by atoms with E-state index in [0.29, 0.717) is 12.5 Å². The van der Waals surface area contributed by atoms with Gasteiger partial charge in [-0.3, -0.25) is 4.79 Å². The number of allylic oxidation sites excluding steroid dienone is 3. The van der Waals surface area contributed by atoms with Crippen LogP contribution in [-0.4, -0.2) is 24.0 Å². The number of benzene rings is 1. The highest BCUT2D eigenvalue weighted by atomic mass is 16.5. The molecule has 4 heteroatoms. The minimum absolute atomic E-state index is 0.0235. The zero-order chi connectivity index (χ0) is 21.6. The second-order valence-electron chi connectivity index (χ2n) is 8.13. The normalized spacial score (nSPS) is 11.7. The number of hydrogen-bond donors (Lipinski definition) is 1. The maximum Gasteiger partial charge on any atom is 0.243 e. The van der Waals surface area contributed by atoms with Gasteiger partial charge in [0.1, 0.15) is 0 Å². The van der Waals surface area contributed by atoms with Crippen molar-refractivity contribution >= 4 is 16.8 Å². The Kier molecular flexibility index (Phi) is 10.7. The van der Waals surface area contributed by atoms with Gasteiger partial charge in [-0.2, -0.15) is 0 Å². The van der Waals surface area contributed by atoms with E-state index in [-0.39, 0.29) is 5.91 Å². The van der Waals surface area contributed by atoms with Crippen molar-refractivity contribution in [3.63, 3.8) is 0 Å². The summed E-state index contributed by atoms with van der Waals surface area (Å²) in [6.07, 6.45) is 14.4. The lowest BCUT2D eigenvalue weighted by Crippen LogP contribution is -2.25. The summed E-state index contributed by atoms with van der Waals surface area (Å²) in [7, 11) is 0. The molecule has 0 spiro atoms. The molecule has 4 nitrogen and oxygen atoms in total. The van der Waals surface area contributed by atoms with E-state index in [1.807, 2.05) is 36.4 Å². The fourth-order valence-corrected chi connectivity index (χ4v) is 3.15. The summed E-state index contributed by atoms with van der Waals surface area (Å²) < 4.78 is 5.85. The molecule has 1 heterocycles. The molecule has 0 bridgehead atoms. The Morgan fingerprint density at radius 3 is 2.70 bits per heavy atom. The summed E-state index contributed by atoms with van der Waals surface area (Å²) in [6, 6.07) is 10.2. The SMILES string of the molecule is Cc1cc(OCCCCCCCC=CC=CC(=O)NCC(C)C)nc2ccccc12. The number of aromatic nitrogens is 1. The van der Waals surface area contributed by atoms with E-state index < -0.39 is 0 Å². The van der Waals surface area contributed by atoms with Crippen molar-refractivity contribution in [3.8, 4) is 5.88 Å². The minimum atomic E-state index is -0.0235. The highest BCUT2D eigenvalue weighted by Crippen LogP contribution is 2.21. The van der Waals surface area contributed by atoms with Gasteiger partial charge in [0.25, 0.3) is 0 Å². The highest BCUT2D eigenvalue weighted by Gasteiger charge is 2.03. The lowest BCUT2D eigenvalue weighted by Gasteiger charge is -2.08. The van der Waals surface area contributed by atoms with Gasteiger partial charge >= 0.3 is 0 Å². The van der Waals surface area contributed by atoms with Crippen molar-refractivity contribution < 1.29 is 9.53 Å². The summed E-state index contributed by atoms with van der Waals surface area (Å²) in [4.78, 5) is 16.1. The first-order valence-electron chi connectivity index (χ1n) is 11.2. The fraction of sp³-hybridized carbons (Fsp3) is 0.462. The zero-order valence-electron chi connectivity index (χ0n) is 18.7. The number of para-hydroxylation sites is 1. The Hall–Kier alpha value is -2.62. The molecule has 2 rings (SSSR count). The van der Waals surface area contributed by atoms with Crippen molar-refractivity contribution in [1.29, 1.82) is 0 Å². The number of fused-ring (bicyclic) bond motifs is 1. The van der Waals surface area contributed by atoms with Crippen molar-refractivity contribution in [2.75, 3.05) is 13.2 Å². The first-order valence-corrected chi connectivity index (χ1v) is 11.2. The molecule has 0 radical (unpaired) electrons. The molecule has 0 aliphatic heterocycles. The number of nitrogens with one attached hydrogen (secondary N) is 1. The largest absolute Gasteiger partial charge is 0.478 e. The van der Waals surface area contributed by atoms with Gasteiger partial charge in [-0.25, -0.2) is 4.98 Å². The maximum absolute atomic E-state index is 11.5. The Morgan fingerprint density at radius 1 is 1.10 bits per heavy atom. The molecule has 1 aromatic carbocycles. The van der Waals surface area contributed by atoms with E-state index >= 15 is 0 Å². The molecule has 0 fully saturated rings. The quantitative estimate of drug-likeness (QED) is 0.246. The van der Waals surface area contributed by atoms with E-state index in [1.165, 1.54) is 36.6 Å². The van der Waals surface area contributed by atoms with Crippen LogP contribution in [0.5, 0.6) is 5.88 Å². The van der Waals surface area contributed by atoms with Crippen LogP contribution in [0, 0.1) is 12.8 Å². The number of amides is 1. The van der Waals surface area contributed by atoms with Gasteiger partial charge in [0.05, 0.1) is 12.1 Å². The monoisotopic (exact) mass is 408 g/mol. The number of ether oxygens (including phenoxy) is 1. The summed E-state index contributed by atoms with van der Waals surface area (Å²) in [5.41, 5.74) is 2.20. The zero-order valence-corrected chi connectivity index (χ0v) is 18.7. The van der Waals surface area contributed by atoms with Crippen LogP contribution < -0.4 is 10.1 Å². The van der Waals surface area contributed by atoms with Crippen LogP contribution in [0.3, 0.4) is 0 Å². The van der Waals surface area contributed by atoms with Crippen LogP contribution in [0.25, 0.3) is 10.9 Å². The predicted molar refractivity (Wildman–Crippen MR) is 126 cm³/mol. The first kappa shape index (κ1) is 23.7. The summed E-state index contributed by atoms with van der Waals surface area (Å²) in [6.45, 7) is 7.70. The van der Waals surface area contributed by atoms with Gasteiger partial charge in [-0.1, -0.05) is 69.5 Å². The molecule has 0 atom stereocenters. The third-order valence-electron chi connectivity index (χ3n) is 4.84. The Bertz CT molecular complexity index is 840. The van der Waals surface area contributed by atoms with Gasteiger partial charge in [0.2, 0.25) is 11.8 Å². The lowest BCUT2D eigenvalue weighted by molar-refractivity contribution is -0.116. The van der Waals surface area contributed by atoms with Crippen molar-refractivity contribution in [2.24, 2.45) is 5.92 Å². The molecule has 30 heavy (non-hydrogen) atoms. The molecule has 1 aromatic heterocycles. The molecular formula is C26H36N2O2. The van der Waals surface area contributed by atoms with Crippen LogP contribution >= 0.6 is 0 Å². The lowest BCUT2D eigenvalue weighted by atomic mass is 10.1. The summed E-state index contributed by atoms with van der Waals surface area (Å²) >= 11 is 0. The van der Waals surface area contributed by atoms with Crippen molar-refractivity contribution in [2.45, 2.75) is 59.3 Å². The van der Waals surface area contributed by atoms with Crippen molar-refractivity contribution in [3.05, 3.63) is 60.2 Å². The van der Waals surface area contributed by atoms with Gasteiger partial charge in [0, 0.05) is 24.1 Å². The second kappa shape index (κ2) is 13.6. The van der Waals surface area contributed by atoms with Crippen LogP contribution in [0.4, 0.5) is 0 Å². The number of rotatable bonds is 13. The van der Waals surface area contributed by atoms with Crippen molar-refractivity contribution in [1.82, 2.24) is 10.3 Å². The maximum atomic E-state index is 11.5. The number of carbonyl (C=O) groups excluding carboxylic acids is 1. The van der Waals surface area contributed by atoms with Gasteiger partial charge in [0.15, 0.2) is 0 Å². The third-order valence-corrected chi connectivity index (χ3v) is 4.84. The van der Waals surface area contributed by atoms with E-state index in [2.05, 4.69) is 43.2 Å². The number of aryl methyl sites for hydroxylation is 1. The van der Waals surface area contributed by atoms with Crippen LogP contribution in [-0.2, 0) is 4.79 Å². The van der Waals surface area contributed by atoms with Gasteiger partial charge in [-0.15, -0.1) is 0 Å². The second-order valence-corrected chi connectivity index (χ2v) is 8.13. The number of nitrogens with zero attached hydrogens (tertiary/aromatic N) is 1. The third kappa shape index (κ3) is 9.25. The van der Waals surface area contributed by atoms with Crippen LogP contribution in [0.2, 0.25) is 0 Å². The highest BCUT2D eigenvalue weighted by molar-refractivity contribution is 5.87. The number of unbranched alkanes of at least 4 members (excludes halogenated alkanes) is 5. The topological polar surface area (TPSA) is 51.2 Å². The molecule has 1 N–H and O–H groups in total. The number of carbonyl (C=O) groups is 1. The summed E-state index contributed by atoms with van der Waals surface area (Å²) in [5.74, 6) is 1.18. The van der Waals surface area contributed by atoms with E-state index in [9.17, 15) is 4.79 Å². The molecule has 0 aliphatic carbocycles. The number of pyridine rings is 1. The first-order chi connectivity index (χ1) is 14.6. The fourth-order valence-electron chi connectivity index (χ4n) is 3.15. The van der Waals surface area contributed by atoms with Gasteiger partial charge < -0.3 is 10.1 Å². The van der Waals surface area contributed by atoms with Gasteiger partial charge in [-0.05, 0) is 43.7 Å². The predicted octanol–water partition coefficient (Wildman–Crippen LogP) is 6.15. The Labute approximate surface area is 181 Å². The van der Waals surface area contributed by atoms with E-state index in [0.717, 1.165) is 30.8 Å². The van der Waals surface area contributed by atoms with E-state index in [1.54, 1.807) is 6.08 Å². The molecule has 162 valence electrons. The molecule has 2 aromatic rings.